The third kappa shape index (κ3) is 3.15. The van der Waals surface area contributed by atoms with Gasteiger partial charge < -0.3 is 4.90 Å². The van der Waals surface area contributed by atoms with Gasteiger partial charge in [-0.15, -0.1) is 11.3 Å². The molecule has 21 heavy (non-hydrogen) atoms. The van der Waals surface area contributed by atoms with Gasteiger partial charge in [-0.25, -0.2) is 0 Å². The van der Waals surface area contributed by atoms with Crippen molar-refractivity contribution < 1.29 is 14.4 Å². The minimum absolute atomic E-state index is 0.0613. The Labute approximate surface area is 128 Å². The summed E-state index contributed by atoms with van der Waals surface area (Å²) in [4.78, 5) is 38.9. The SMILES string of the molecule is CCCc1sc(C(=O)N2CC(=O)NC(=O)C2C)cc1CC. The molecule has 0 bridgehead atoms. The van der Waals surface area contributed by atoms with Crippen LogP contribution in [0.25, 0.3) is 0 Å². The smallest absolute Gasteiger partial charge is 0.265 e. The predicted octanol–water partition coefficient (Wildman–Crippen LogP) is 1.75. The first-order valence-corrected chi connectivity index (χ1v) is 8.05. The molecule has 1 fully saturated rings. The lowest BCUT2D eigenvalue weighted by Gasteiger charge is -2.31. The third-order valence-corrected chi connectivity index (χ3v) is 4.87. The van der Waals surface area contributed by atoms with Gasteiger partial charge in [-0.05, 0) is 31.4 Å². The van der Waals surface area contributed by atoms with Gasteiger partial charge in [-0.1, -0.05) is 20.3 Å². The lowest BCUT2D eigenvalue weighted by atomic mass is 10.1. The Morgan fingerprint density at radius 3 is 2.76 bits per heavy atom. The van der Waals surface area contributed by atoms with Gasteiger partial charge in [0, 0.05) is 4.88 Å². The van der Waals surface area contributed by atoms with Crippen LogP contribution in [0.4, 0.5) is 0 Å². The molecule has 6 heteroatoms. The molecule has 2 rings (SSSR count). The number of nitrogens with zero attached hydrogens (tertiary/aromatic N) is 1. The van der Waals surface area contributed by atoms with Gasteiger partial charge in [-0.2, -0.15) is 0 Å². The van der Waals surface area contributed by atoms with Crippen molar-refractivity contribution in [3.63, 3.8) is 0 Å². The molecule has 1 saturated heterocycles. The van der Waals surface area contributed by atoms with Crippen LogP contribution in [0.15, 0.2) is 6.07 Å². The zero-order valence-corrected chi connectivity index (χ0v) is 13.4. The molecule has 1 atom stereocenters. The lowest BCUT2D eigenvalue weighted by molar-refractivity contribution is -0.138. The van der Waals surface area contributed by atoms with E-state index in [0.717, 1.165) is 19.3 Å². The number of carbonyl (C=O) groups excluding carboxylic acids is 3. The molecule has 2 heterocycles. The van der Waals surface area contributed by atoms with Crippen molar-refractivity contribution >= 4 is 29.1 Å². The fourth-order valence-corrected chi connectivity index (χ4v) is 3.73. The van der Waals surface area contributed by atoms with Crippen molar-refractivity contribution in [3.8, 4) is 0 Å². The van der Waals surface area contributed by atoms with E-state index in [2.05, 4.69) is 19.2 Å². The Morgan fingerprint density at radius 2 is 2.14 bits per heavy atom. The minimum Gasteiger partial charge on any atom is -0.317 e. The maximum absolute atomic E-state index is 12.6. The summed E-state index contributed by atoms with van der Waals surface area (Å²) in [7, 11) is 0. The van der Waals surface area contributed by atoms with E-state index in [9.17, 15) is 14.4 Å². The van der Waals surface area contributed by atoms with E-state index in [-0.39, 0.29) is 12.5 Å². The van der Waals surface area contributed by atoms with Crippen molar-refractivity contribution in [2.24, 2.45) is 0 Å². The highest BCUT2D eigenvalue weighted by Gasteiger charge is 2.34. The first kappa shape index (κ1) is 15.7. The van der Waals surface area contributed by atoms with Gasteiger partial charge in [0.15, 0.2) is 0 Å². The molecule has 0 radical (unpaired) electrons. The second-order valence-electron chi connectivity index (χ2n) is 5.18. The first-order valence-electron chi connectivity index (χ1n) is 7.24. The maximum Gasteiger partial charge on any atom is 0.265 e. The predicted molar refractivity (Wildman–Crippen MR) is 81.3 cm³/mol. The largest absolute Gasteiger partial charge is 0.317 e. The van der Waals surface area contributed by atoms with E-state index in [1.807, 2.05) is 6.07 Å². The zero-order valence-electron chi connectivity index (χ0n) is 12.6. The van der Waals surface area contributed by atoms with Crippen LogP contribution in [0, 0.1) is 0 Å². The molecule has 1 aliphatic heterocycles. The number of hydrogen-bond acceptors (Lipinski definition) is 4. The quantitative estimate of drug-likeness (QED) is 0.862. The number of nitrogens with one attached hydrogen (secondary N) is 1. The lowest BCUT2D eigenvalue weighted by Crippen LogP contribution is -2.58. The number of piperazine rings is 1. The Hall–Kier alpha value is -1.69. The standard InChI is InChI=1S/C15H20N2O3S/c1-4-6-11-10(5-2)7-12(21-11)15(20)17-8-13(18)16-14(19)9(17)3/h7,9H,4-6,8H2,1-3H3,(H,16,18,19). The molecule has 114 valence electrons. The second kappa shape index (κ2) is 6.39. The topological polar surface area (TPSA) is 66.5 Å². The third-order valence-electron chi connectivity index (χ3n) is 3.65. The molecule has 1 aromatic heterocycles. The summed E-state index contributed by atoms with van der Waals surface area (Å²) in [5, 5.41) is 2.25. The summed E-state index contributed by atoms with van der Waals surface area (Å²) in [5.74, 6) is -1.07. The van der Waals surface area contributed by atoms with Crippen molar-refractivity contribution in [1.29, 1.82) is 0 Å². The molecule has 0 spiro atoms. The molecule has 1 aliphatic rings. The van der Waals surface area contributed by atoms with E-state index in [0.29, 0.717) is 4.88 Å². The van der Waals surface area contributed by atoms with E-state index in [1.165, 1.54) is 26.7 Å². The summed E-state index contributed by atoms with van der Waals surface area (Å²) in [6.45, 7) is 5.75. The van der Waals surface area contributed by atoms with Gasteiger partial charge in [0.25, 0.3) is 5.91 Å². The van der Waals surface area contributed by atoms with Crippen molar-refractivity contribution in [1.82, 2.24) is 10.2 Å². The van der Waals surface area contributed by atoms with Crippen molar-refractivity contribution in [2.75, 3.05) is 6.54 Å². The van der Waals surface area contributed by atoms with Gasteiger partial charge in [0.05, 0.1) is 4.88 Å². The number of carbonyl (C=O) groups is 3. The molecule has 1 N–H and O–H groups in total. The molecule has 0 saturated carbocycles. The van der Waals surface area contributed by atoms with Crippen molar-refractivity contribution in [2.45, 2.75) is 46.1 Å². The molecular weight excluding hydrogens is 288 g/mol. The van der Waals surface area contributed by atoms with Gasteiger partial charge in [0.1, 0.15) is 12.6 Å². The van der Waals surface area contributed by atoms with Crippen molar-refractivity contribution in [3.05, 3.63) is 21.4 Å². The molecule has 1 aromatic rings. The Kier molecular flexibility index (Phi) is 4.77. The van der Waals surface area contributed by atoms with Crippen LogP contribution in [0.3, 0.4) is 0 Å². The summed E-state index contributed by atoms with van der Waals surface area (Å²) >= 11 is 1.48. The van der Waals surface area contributed by atoms with E-state index in [4.69, 9.17) is 0 Å². The Morgan fingerprint density at radius 1 is 1.43 bits per heavy atom. The van der Waals surface area contributed by atoms with E-state index < -0.39 is 17.9 Å². The second-order valence-corrected chi connectivity index (χ2v) is 6.32. The molecule has 3 amide bonds. The minimum atomic E-state index is -0.614. The monoisotopic (exact) mass is 308 g/mol. The highest BCUT2D eigenvalue weighted by molar-refractivity contribution is 7.14. The van der Waals surface area contributed by atoms with Gasteiger partial charge >= 0.3 is 0 Å². The highest BCUT2D eigenvalue weighted by atomic mass is 32.1. The summed E-state index contributed by atoms with van der Waals surface area (Å²) < 4.78 is 0. The van der Waals surface area contributed by atoms with Crippen LogP contribution < -0.4 is 5.32 Å². The highest BCUT2D eigenvalue weighted by Crippen LogP contribution is 2.26. The average molecular weight is 308 g/mol. The zero-order chi connectivity index (χ0) is 15.6. The normalized spacial score (nSPS) is 18.8. The fraction of sp³-hybridized carbons (Fsp3) is 0.533. The van der Waals surface area contributed by atoms with Crippen LogP contribution in [0.2, 0.25) is 0 Å². The first-order chi connectivity index (χ1) is 9.97. The van der Waals surface area contributed by atoms with E-state index >= 15 is 0 Å². The van der Waals surface area contributed by atoms with Crippen LogP contribution in [0.5, 0.6) is 0 Å². The summed E-state index contributed by atoms with van der Waals surface area (Å²) in [5.41, 5.74) is 1.19. The van der Waals surface area contributed by atoms with Crippen LogP contribution in [-0.2, 0) is 22.4 Å². The number of amides is 3. The average Bonchev–Trinajstić information content (AvgIpc) is 2.85. The summed E-state index contributed by atoms with van der Waals surface area (Å²) in [6, 6.07) is 1.29. The number of hydrogen-bond donors (Lipinski definition) is 1. The fourth-order valence-electron chi connectivity index (χ4n) is 2.41. The van der Waals surface area contributed by atoms with E-state index in [1.54, 1.807) is 6.92 Å². The van der Waals surface area contributed by atoms with Gasteiger partial charge in [-0.3, -0.25) is 19.7 Å². The maximum atomic E-state index is 12.6. The van der Waals surface area contributed by atoms with Gasteiger partial charge in [0.2, 0.25) is 11.8 Å². The van der Waals surface area contributed by atoms with Crippen LogP contribution in [-0.4, -0.2) is 35.2 Å². The molecule has 5 nitrogen and oxygen atoms in total. The molecule has 1 unspecified atom stereocenters. The molecular formula is C15H20N2O3S. The Bertz CT molecular complexity index is 579. The Balaban J connectivity index is 2.26. The molecule has 0 aliphatic carbocycles. The number of rotatable bonds is 4. The molecule has 0 aromatic carbocycles. The summed E-state index contributed by atoms with van der Waals surface area (Å²) in [6.07, 6.45) is 2.87. The number of aryl methyl sites for hydroxylation is 2. The number of imide groups is 1. The van der Waals surface area contributed by atoms with Crippen LogP contribution >= 0.6 is 11.3 Å². The number of thiophene rings is 1. The van der Waals surface area contributed by atoms with Crippen LogP contribution in [0.1, 0.15) is 47.3 Å².